The van der Waals surface area contributed by atoms with Crippen LogP contribution in [0.3, 0.4) is 0 Å². The highest BCUT2D eigenvalue weighted by Gasteiger charge is 2.22. The van der Waals surface area contributed by atoms with Gasteiger partial charge in [-0.1, -0.05) is 23.2 Å². The van der Waals surface area contributed by atoms with Crippen LogP contribution in [0, 0.1) is 10.1 Å². The van der Waals surface area contributed by atoms with Crippen LogP contribution in [0.5, 0.6) is 0 Å². The Morgan fingerprint density at radius 2 is 2.00 bits per heavy atom. The van der Waals surface area contributed by atoms with E-state index in [1.807, 2.05) is 0 Å². The number of aromatic nitrogens is 1. The van der Waals surface area contributed by atoms with E-state index in [2.05, 4.69) is 9.88 Å². The van der Waals surface area contributed by atoms with E-state index in [-0.39, 0.29) is 11.8 Å². The molecule has 0 atom stereocenters. The van der Waals surface area contributed by atoms with Gasteiger partial charge in [0.25, 0.3) is 5.69 Å². The lowest BCUT2D eigenvalue weighted by Crippen LogP contribution is -2.37. The van der Waals surface area contributed by atoms with Crippen molar-refractivity contribution in [2.75, 3.05) is 18.0 Å². The third-order valence-electron chi connectivity index (χ3n) is 4.17. The topological polar surface area (TPSA) is 68.5 Å². The van der Waals surface area contributed by atoms with Gasteiger partial charge in [-0.3, -0.25) is 15.1 Å². The highest BCUT2D eigenvalue weighted by atomic mass is 35.5. The Hall–Kier alpha value is -1.89. The molecule has 1 aromatic carbocycles. The molecule has 0 unspecified atom stereocenters. The van der Waals surface area contributed by atoms with Crippen LogP contribution in [0.2, 0.25) is 10.0 Å². The number of non-ortho nitro benzene ring substituents is 1. The summed E-state index contributed by atoms with van der Waals surface area (Å²) in [6, 6.07) is 8.11. The van der Waals surface area contributed by atoms with Crippen LogP contribution < -0.4 is 4.90 Å². The molecular weight excluding hydrogens is 365 g/mol. The number of hydrogen-bond acceptors (Lipinski definition) is 5. The molecule has 0 bridgehead atoms. The fourth-order valence-electron chi connectivity index (χ4n) is 2.86. The second kappa shape index (κ2) is 7.99. The molecular formula is C17H17Cl2N3O3. The van der Waals surface area contributed by atoms with E-state index in [9.17, 15) is 10.1 Å². The Bertz CT molecular complexity index is 765. The monoisotopic (exact) mass is 381 g/mol. The van der Waals surface area contributed by atoms with Gasteiger partial charge in [-0.25, -0.2) is 0 Å². The van der Waals surface area contributed by atoms with Gasteiger partial charge in [0.1, 0.15) is 0 Å². The van der Waals surface area contributed by atoms with Crippen molar-refractivity contribution in [2.24, 2.45) is 0 Å². The Morgan fingerprint density at radius 3 is 2.64 bits per heavy atom. The molecule has 0 amide bonds. The Kier molecular flexibility index (Phi) is 5.73. The van der Waals surface area contributed by atoms with E-state index in [1.165, 1.54) is 12.1 Å². The normalized spacial score (nSPS) is 15.4. The van der Waals surface area contributed by atoms with Crippen LogP contribution in [-0.4, -0.2) is 29.1 Å². The molecule has 0 spiro atoms. The van der Waals surface area contributed by atoms with Crippen LogP contribution in [0.15, 0.2) is 36.5 Å². The smallest absolute Gasteiger partial charge is 0.271 e. The van der Waals surface area contributed by atoms with E-state index in [4.69, 9.17) is 27.9 Å². The summed E-state index contributed by atoms with van der Waals surface area (Å²) in [5.74, 6) is 0. The summed E-state index contributed by atoms with van der Waals surface area (Å²) in [6.45, 7) is 2.00. The van der Waals surface area contributed by atoms with Crippen LogP contribution in [-0.2, 0) is 11.3 Å². The summed E-state index contributed by atoms with van der Waals surface area (Å²) in [6.07, 6.45) is 3.52. The first-order valence-corrected chi connectivity index (χ1v) is 8.69. The van der Waals surface area contributed by atoms with Gasteiger partial charge in [0.05, 0.1) is 34.0 Å². The molecule has 2 heterocycles. The first-order chi connectivity index (χ1) is 12.0. The zero-order valence-corrected chi connectivity index (χ0v) is 14.9. The number of nitrogens with zero attached hydrogens (tertiary/aromatic N) is 3. The minimum atomic E-state index is -0.445. The first kappa shape index (κ1) is 17.9. The lowest BCUT2D eigenvalue weighted by atomic mass is 10.1. The quantitative estimate of drug-likeness (QED) is 0.563. The summed E-state index contributed by atoms with van der Waals surface area (Å²) in [7, 11) is 0. The minimum absolute atomic E-state index is 0.000918. The first-order valence-electron chi connectivity index (χ1n) is 7.94. The molecule has 1 aliphatic heterocycles. The Morgan fingerprint density at radius 1 is 1.24 bits per heavy atom. The predicted molar refractivity (Wildman–Crippen MR) is 97.4 cm³/mol. The van der Waals surface area contributed by atoms with Crippen molar-refractivity contribution in [2.45, 2.75) is 25.6 Å². The van der Waals surface area contributed by atoms with Crippen molar-refractivity contribution in [3.05, 3.63) is 62.4 Å². The van der Waals surface area contributed by atoms with E-state index in [0.717, 1.165) is 37.3 Å². The van der Waals surface area contributed by atoms with Gasteiger partial charge in [-0.2, -0.15) is 0 Å². The molecule has 1 saturated heterocycles. The van der Waals surface area contributed by atoms with E-state index < -0.39 is 4.92 Å². The number of pyridine rings is 1. The van der Waals surface area contributed by atoms with Crippen molar-refractivity contribution >= 4 is 34.6 Å². The Labute approximate surface area is 155 Å². The maximum atomic E-state index is 10.8. The van der Waals surface area contributed by atoms with Crippen LogP contribution in [0.25, 0.3) is 0 Å². The SMILES string of the molecule is O=[N+]([O-])c1ccc(N2CCC(OCc3cc(Cl)ccn3)CC2)c(Cl)c1. The Balaban J connectivity index is 1.54. The van der Waals surface area contributed by atoms with E-state index >= 15 is 0 Å². The number of ether oxygens (including phenoxy) is 1. The number of benzene rings is 1. The van der Waals surface area contributed by atoms with Crippen molar-refractivity contribution < 1.29 is 9.66 Å². The average Bonchev–Trinajstić information content (AvgIpc) is 2.60. The number of nitro groups is 1. The maximum absolute atomic E-state index is 10.8. The standard InChI is InChI=1S/C17H17Cl2N3O3/c18-12-3-6-20-13(9-12)11-25-15-4-7-21(8-5-15)17-2-1-14(22(23)24)10-16(17)19/h1-3,6,9-10,15H,4-5,7-8,11H2. The summed E-state index contributed by atoms with van der Waals surface area (Å²) < 4.78 is 5.92. The second-order valence-electron chi connectivity index (χ2n) is 5.86. The van der Waals surface area contributed by atoms with Gasteiger partial charge in [-0.05, 0) is 31.0 Å². The minimum Gasteiger partial charge on any atom is -0.372 e. The molecule has 0 radical (unpaired) electrons. The summed E-state index contributed by atoms with van der Waals surface area (Å²) >= 11 is 12.1. The van der Waals surface area contributed by atoms with Gasteiger partial charge < -0.3 is 9.64 Å². The molecule has 1 aromatic heterocycles. The van der Waals surface area contributed by atoms with Gasteiger partial charge in [0.2, 0.25) is 0 Å². The van der Waals surface area contributed by atoms with Crippen molar-refractivity contribution in [3.63, 3.8) is 0 Å². The molecule has 8 heteroatoms. The summed E-state index contributed by atoms with van der Waals surface area (Å²) in [5, 5.41) is 11.8. The molecule has 0 N–H and O–H groups in total. The molecule has 0 aliphatic carbocycles. The van der Waals surface area contributed by atoms with Crippen LogP contribution >= 0.6 is 23.2 Å². The van der Waals surface area contributed by atoms with Crippen molar-refractivity contribution in [1.82, 2.24) is 4.98 Å². The molecule has 132 valence electrons. The largest absolute Gasteiger partial charge is 0.372 e. The third kappa shape index (κ3) is 4.60. The number of rotatable bonds is 5. The molecule has 0 saturated carbocycles. The summed E-state index contributed by atoms with van der Waals surface area (Å²) in [4.78, 5) is 16.7. The number of nitro benzene ring substituents is 1. The molecule has 25 heavy (non-hydrogen) atoms. The van der Waals surface area contributed by atoms with Gasteiger partial charge in [0.15, 0.2) is 0 Å². The highest BCUT2D eigenvalue weighted by Crippen LogP contribution is 2.32. The number of anilines is 1. The maximum Gasteiger partial charge on any atom is 0.271 e. The third-order valence-corrected chi connectivity index (χ3v) is 4.71. The number of halogens is 2. The molecule has 3 rings (SSSR count). The van der Waals surface area contributed by atoms with Gasteiger partial charge in [0, 0.05) is 36.4 Å². The lowest BCUT2D eigenvalue weighted by Gasteiger charge is -2.33. The molecule has 1 fully saturated rings. The second-order valence-corrected chi connectivity index (χ2v) is 6.70. The lowest BCUT2D eigenvalue weighted by molar-refractivity contribution is -0.384. The zero-order chi connectivity index (χ0) is 17.8. The van der Waals surface area contributed by atoms with Crippen LogP contribution in [0.4, 0.5) is 11.4 Å². The van der Waals surface area contributed by atoms with Gasteiger partial charge in [-0.15, -0.1) is 0 Å². The molecule has 2 aromatic rings. The molecule has 6 nitrogen and oxygen atoms in total. The number of piperidine rings is 1. The molecule has 1 aliphatic rings. The van der Waals surface area contributed by atoms with Crippen molar-refractivity contribution in [1.29, 1.82) is 0 Å². The predicted octanol–water partition coefficient (Wildman–Crippen LogP) is 4.48. The van der Waals surface area contributed by atoms with E-state index in [1.54, 1.807) is 24.4 Å². The van der Waals surface area contributed by atoms with Gasteiger partial charge >= 0.3 is 0 Å². The van der Waals surface area contributed by atoms with Crippen molar-refractivity contribution in [3.8, 4) is 0 Å². The highest BCUT2D eigenvalue weighted by molar-refractivity contribution is 6.33. The van der Waals surface area contributed by atoms with E-state index in [0.29, 0.717) is 16.7 Å². The zero-order valence-electron chi connectivity index (χ0n) is 13.4. The fraction of sp³-hybridized carbons (Fsp3) is 0.353. The average molecular weight is 382 g/mol. The summed E-state index contributed by atoms with van der Waals surface area (Å²) in [5.41, 5.74) is 1.64. The fourth-order valence-corrected chi connectivity index (χ4v) is 3.34. The number of hydrogen-bond donors (Lipinski definition) is 0. The van der Waals surface area contributed by atoms with Crippen LogP contribution in [0.1, 0.15) is 18.5 Å².